The zero-order valence-corrected chi connectivity index (χ0v) is 47.1. The molecule has 0 saturated heterocycles. The molecule has 10 nitrogen and oxygen atoms in total. The second kappa shape index (κ2) is 26.2. The Labute approximate surface area is 444 Å². The van der Waals surface area contributed by atoms with Crippen LogP contribution in [0.3, 0.4) is 0 Å². The summed E-state index contributed by atoms with van der Waals surface area (Å²) < 4.78 is 41.0. The van der Waals surface area contributed by atoms with Crippen LogP contribution in [-0.2, 0) is 22.3 Å². The molecule has 0 unspecified atom stereocenters. The Morgan fingerprint density at radius 2 is 0.953 bits per heavy atom. The monoisotopic (exact) mass is 1430 g/mol. The highest BCUT2D eigenvalue weighted by molar-refractivity contribution is 14.1. The van der Waals surface area contributed by atoms with Crippen LogP contribution in [0.25, 0.3) is 21.9 Å². The fourth-order valence-electron chi connectivity index (χ4n) is 7.15. The maximum absolute atomic E-state index is 13.9. The SMILES string of the molecule is CCCCc1oc2ccccc2c1C(=O)c1cc(I)c(OCCN(C)CCOCCOCCN(C)CCOc2c(I)cc(C(=O)c3c(CCCI)oc4ccccc34)cc2I)c(I)c1. The third-order valence-corrected chi connectivity index (χ3v) is 14.6. The van der Waals surface area contributed by atoms with Crippen molar-refractivity contribution in [3.05, 3.63) is 121 Å². The molecule has 0 N–H and O–H groups in total. The Balaban J connectivity index is 0.847. The minimum atomic E-state index is -0.0217. The van der Waals surface area contributed by atoms with Crippen molar-refractivity contribution in [3.8, 4) is 11.5 Å². The second-order valence-electron chi connectivity index (χ2n) is 15.4. The third-order valence-electron chi connectivity index (χ3n) is 10.7. The molecule has 0 fully saturated rings. The number of fused-ring (bicyclic) bond motifs is 2. The molecule has 0 aliphatic rings. The molecule has 0 aliphatic carbocycles. The lowest BCUT2D eigenvalue weighted by atomic mass is 9.98. The van der Waals surface area contributed by atoms with Crippen molar-refractivity contribution >= 4 is 146 Å². The van der Waals surface area contributed by atoms with Gasteiger partial charge in [-0.05, 0) is 158 Å². The van der Waals surface area contributed by atoms with Crippen molar-refractivity contribution in [2.75, 3.05) is 84.3 Å². The summed E-state index contributed by atoms with van der Waals surface area (Å²) in [6.07, 6.45) is 4.41. The average molecular weight is 1430 g/mol. The number of halogens is 5. The molecule has 0 saturated carbocycles. The molecule has 0 aliphatic heterocycles. The smallest absolute Gasteiger partial charge is 0.197 e. The van der Waals surface area contributed by atoms with E-state index in [0.717, 1.165) is 122 Å². The van der Waals surface area contributed by atoms with Crippen LogP contribution in [0.4, 0.5) is 0 Å². The van der Waals surface area contributed by atoms with Crippen LogP contribution in [0.5, 0.6) is 11.5 Å². The van der Waals surface area contributed by atoms with Crippen LogP contribution in [0.1, 0.15) is 69.5 Å². The summed E-state index contributed by atoms with van der Waals surface area (Å²) in [6, 6.07) is 23.2. The van der Waals surface area contributed by atoms with Crippen LogP contribution in [0, 0.1) is 14.3 Å². The zero-order valence-electron chi connectivity index (χ0n) is 36.3. The number of para-hydroxylation sites is 2. The molecule has 2 aromatic heterocycles. The minimum absolute atomic E-state index is 0.0194. The summed E-state index contributed by atoms with van der Waals surface area (Å²) in [4.78, 5) is 32.1. The third kappa shape index (κ3) is 14.0. The lowest BCUT2D eigenvalue weighted by Crippen LogP contribution is -2.29. The molecular formula is C49H53I5N2O8. The Kier molecular flexibility index (Phi) is 21.2. The number of carbonyl (C=O) groups excluding carboxylic acids is 2. The summed E-state index contributed by atoms with van der Waals surface area (Å²) in [5.74, 6) is 3.06. The van der Waals surface area contributed by atoms with Gasteiger partial charge in [0.05, 0.1) is 51.8 Å². The number of hydrogen-bond donors (Lipinski definition) is 0. The van der Waals surface area contributed by atoms with Crippen molar-refractivity contribution in [1.82, 2.24) is 9.80 Å². The molecule has 64 heavy (non-hydrogen) atoms. The van der Waals surface area contributed by atoms with Gasteiger partial charge in [-0.25, -0.2) is 0 Å². The number of benzene rings is 4. The second-order valence-corrected chi connectivity index (χ2v) is 21.1. The summed E-state index contributed by atoms with van der Waals surface area (Å²) in [5.41, 5.74) is 4.10. The molecule has 0 radical (unpaired) electrons. The molecule has 6 aromatic rings. The van der Waals surface area contributed by atoms with E-state index in [9.17, 15) is 9.59 Å². The number of nitrogens with zero attached hydrogens (tertiary/aromatic N) is 2. The van der Waals surface area contributed by atoms with Gasteiger partial charge in [-0.1, -0.05) is 72.3 Å². The van der Waals surface area contributed by atoms with Gasteiger partial charge in [-0.2, -0.15) is 0 Å². The van der Waals surface area contributed by atoms with Crippen LogP contribution in [0.2, 0.25) is 0 Å². The lowest BCUT2D eigenvalue weighted by Gasteiger charge is -2.19. The fourth-order valence-corrected chi connectivity index (χ4v) is 11.7. The van der Waals surface area contributed by atoms with Gasteiger partial charge in [0.15, 0.2) is 11.6 Å². The normalized spacial score (nSPS) is 11.7. The van der Waals surface area contributed by atoms with Gasteiger partial charge in [-0.15, -0.1) is 0 Å². The van der Waals surface area contributed by atoms with Crippen molar-refractivity contribution in [2.45, 2.75) is 39.0 Å². The lowest BCUT2D eigenvalue weighted by molar-refractivity contribution is 0.0334. The van der Waals surface area contributed by atoms with Gasteiger partial charge in [0.1, 0.15) is 47.4 Å². The molecule has 0 bridgehead atoms. The van der Waals surface area contributed by atoms with Crippen molar-refractivity contribution in [3.63, 3.8) is 0 Å². The molecule has 0 amide bonds. The predicted octanol–water partition coefficient (Wildman–Crippen LogP) is 12.1. The Bertz CT molecular complexity index is 2290. The predicted molar refractivity (Wildman–Crippen MR) is 296 cm³/mol. The maximum atomic E-state index is 13.9. The molecule has 0 spiro atoms. The van der Waals surface area contributed by atoms with Gasteiger partial charge in [-0.3, -0.25) is 9.59 Å². The standard InChI is InChI=1S/C49H53I5N2O8/c1-4-5-13-42-44(34-11-6-8-14-40(34)63-42)46(57)32-28-36(51)48(37(52)29-32)61-24-20-55(2)18-22-59-26-27-60-23-19-56(3)21-25-62-49-38(53)30-33(31-39(49)54)47(58)45-35-12-7-9-15-41(35)64-43(45)16-10-17-50/h6-9,11-12,14-15,28-31H,4-5,10,13,16-27H2,1-3H3. The Morgan fingerprint density at radius 3 is 1.36 bits per heavy atom. The van der Waals surface area contributed by atoms with Crippen molar-refractivity contribution in [2.24, 2.45) is 0 Å². The molecule has 15 heteroatoms. The number of carbonyl (C=O) groups is 2. The molecule has 342 valence electrons. The number of alkyl halides is 1. The van der Waals surface area contributed by atoms with E-state index in [4.69, 9.17) is 27.8 Å². The van der Waals surface area contributed by atoms with Crippen LogP contribution in [-0.4, -0.2) is 106 Å². The van der Waals surface area contributed by atoms with Gasteiger partial charge in [0.2, 0.25) is 0 Å². The highest BCUT2D eigenvalue weighted by atomic mass is 127. The van der Waals surface area contributed by atoms with Crippen LogP contribution in [0.15, 0.2) is 81.6 Å². The first-order valence-corrected chi connectivity index (χ1v) is 27.3. The maximum Gasteiger partial charge on any atom is 0.197 e. The number of hydrogen-bond acceptors (Lipinski definition) is 10. The van der Waals surface area contributed by atoms with E-state index in [-0.39, 0.29) is 11.6 Å². The number of rotatable bonds is 27. The summed E-state index contributed by atoms with van der Waals surface area (Å²) in [6.45, 7) is 8.42. The molecule has 0 atom stereocenters. The molecule has 6 rings (SSSR count). The van der Waals surface area contributed by atoms with E-state index in [1.165, 1.54) is 0 Å². The largest absolute Gasteiger partial charge is 0.490 e. The van der Waals surface area contributed by atoms with E-state index in [2.05, 4.69) is 144 Å². The van der Waals surface area contributed by atoms with Gasteiger partial charge >= 0.3 is 0 Å². The summed E-state index contributed by atoms with van der Waals surface area (Å²) in [7, 11) is 4.11. The highest BCUT2D eigenvalue weighted by Crippen LogP contribution is 2.35. The minimum Gasteiger partial charge on any atom is -0.490 e. The topological polar surface area (TPSA) is 104 Å². The molecule has 2 heterocycles. The van der Waals surface area contributed by atoms with Crippen molar-refractivity contribution in [1.29, 1.82) is 0 Å². The van der Waals surface area contributed by atoms with E-state index in [0.29, 0.717) is 61.9 Å². The summed E-state index contributed by atoms with van der Waals surface area (Å²) >= 11 is 11.4. The number of ketones is 2. The quantitative estimate of drug-likeness (QED) is 0.0214. The first-order valence-electron chi connectivity index (χ1n) is 21.4. The number of likely N-dealkylation sites (N-methyl/N-ethyl adjacent to an activating group) is 2. The van der Waals surface area contributed by atoms with E-state index < -0.39 is 0 Å². The first kappa shape index (κ1) is 51.8. The fraction of sp³-hybridized carbons (Fsp3) is 0.388. The zero-order chi connectivity index (χ0) is 45.6. The van der Waals surface area contributed by atoms with Crippen LogP contribution < -0.4 is 9.47 Å². The van der Waals surface area contributed by atoms with Crippen molar-refractivity contribution < 1.29 is 37.4 Å². The average Bonchev–Trinajstić information content (AvgIpc) is 3.85. The van der Waals surface area contributed by atoms with Gasteiger partial charge in [0, 0.05) is 60.9 Å². The van der Waals surface area contributed by atoms with E-state index in [1.807, 2.05) is 72.8 Å². The number of unbranched alkanes of at least 4 members (excludes halogenated alkanes) is 1. The first-order chi connectivity index (χ1) is 31.0. The highest BCUT2D eigenvalue weighted by Gasteiger charge is 2.25. The number of aryl methyl sites for hydroxylation is 2. The van der Waals surface area contributed by atoms with E-state index in [1.54, 1.807) is 0 Å². The van der Waals surface area contributed by atoms with E-state index >= 15 is 0 Å². The Hall–Kier alpha value is -1.61. The Morgan fingerprint density at radius 1 is 0.562 bits per heavy atom. The number of furan rings is 2. The molecular weight excluding hydrogens is 1380 g/mol. The van der Waals surface area contributed by atoms with Crippen LogP contribution >= 0.6 is 113 Å². The van der Waals surface area contributed by atoms with Gasteiger partial charge in [0.25, 0.3) is 0 Å². The van der Waals surface area contributed by atoms with Gasteiger partial charge < -0.3 is 37.6 Å². The molecule has 4 aromatic carbocycles. The number of ether oxygens (including phenoxy) is 4. The summed E-state index contributed by atoms with van der Waals surface area (Å²) in [5, 5.41) is 1.73.